The SMILES string of the molecule is NC(=S)[S-].NC(=S)[S-].NC(=S)[S-].NC(=S)[S-].O=C1N=NNC1=O.[Mo+4]. The Labute approximate surface area is 196 Å². The normalized spacial score (nSPS) is 9.17. The van der Waals surface area contributed by atoms with E-state index in [-0.39, 0.29) is 38.3 Å². The average molecular weight is 564 g/mol. The molecule has 0 aliphatic carbocycles. The average Bonchev–Trinajstić information content (AvgIpc) is 2.59. The van der Waals surface area contributed by atoms with Gasteiger partial charge in [0.2, 0.25) is 0 Å². The maximum Gasteiger partial charge on any atom is 4.00 e. The first kappa shape index (κ1) is 35.1. The van der Waals surface area contributed by atoms with E-state index in [9.17, 15) is 9.59 Å². The Morgan fingerprint density at radius 1 is 0.792 bits per heavy atom. The molecule has 0 aromatic carbocycles. The van der Waals surface area contributed by atoms with Gasteiger partial charge in [-0.3, -0.25) is 9.59 Å². The van der Waals surface area contributed by atoms with Crippen LogP contribution in [0.2, 0.25) is 0 Å². The number of thiocarbonyl (C=S) groups is 4. The molecule has 0 unspecified atom stereocenters. The molecule has 1 aliphatic rings. The van der Waals surface area contributed by atoms with Crippen LogP contribution in [0.3, 0.4) is 0 Å². The predicted molar refractivity (Wildman–Crippen MR) is 115 cm³/mol. The summed E-state index contributed by atoms with van der Waals surface area (Å²) in [5, 5.41) is 5.76. The van der Waals surface area contributed by atoms with E-state index >= 15 is 0 Å². The third kappa shape index (κ3) is 97.8. The van der Waals surface area contributed by atoms with E-state index in [0.29, 0.717) is 0 Å². The van der Waals surface area contributed by atoms with Gasteiger partial charge < -0.3 is 122 Å². The maximum atomic E-state index is 9.93. The summed E-state index contributed by atoms with van der Waals surface area (Å²) < 4.78 is 0.333. The summed E-state index contributed by atoms with van der Waals surface area (Å²) in [5.41, 5.74) is 20.5. The summed E-state index contributed by atoms with van der Waals surface area (Å²) in [7, 11) is 0. The molecule has 9 nitrogen and oxygen atoms in total. The second-order valence-corrected chi connectivity index (χ2v) is 6.77. The molecule has 0 aromatic rings. The van der Waals surface area contributed by atoms with Crippen molar-refractivity contribution >= 4 is 128 Å². The number of nitrogens with two attached hydrogens (primary N) is 4. The van der Waals surface area contributed by atoms with Crippen LogP contribution >= 0.6 is 48.9 Å². The van der Waals surface area contributed by atoms with Crippen LogP contribution in [-0.4, -0.2) is 29.1 Å². The number of carbonyl (C=O) groups is 2. The molecule has 0 spiro atoms. The van der Waals surface area contributed by atoms with Gasteiger partial charge in [0.1, 0.15) is 0 Å². The molecule has 9 N–H and O–H groups in total. The standard InChI is InChI=1S/C2HN3O2.4CH3NS2.Mo/c6-1-2(7)4-5-3-1;4*2-1(3)4;/h(H,3,4,6,7);4*(H3,2,3,4);/q;;;;;+4/p-4. The monoisotopic (exact) mass is 565 g/mol. The van der Waals surface area contributed by atoms with Gasteiger partial charge in [0.15, 0.2) is 0 Å². The van der Waals surface area contributed by atoms with Crippen LogP contribution in [0.5, 0.6) is 0 Å². The number of carbonyl (C=O) groups excluding carboxylic acids is 2. The van der Waals surface area contributed by atoms with Crippen LogP contribution in [0.15, 0.2) is 10.3 Å². The van der Waals surface area contributed by atoms with Crippen molar-refractivity contribution in [3.8, 4) is 0 Å². The molecule has 1 rings (SSSR count). The zero-order valence-electron chi connectivity index (χ0n) is 11.2. The zero-order chi connectivity index (χ0) is 19.6. The van der Waals surface area contributed by atoms with E-state index < -0.39 is 11.8 Å². The summed E-state index contributed by atoms with van der Waals surface area (Å²) in [6, 6.07) is 0. The molecule has 0 radical (unpaired) electrons. The third-order valence-corrected chi connectivity index (χ3v) is 0.487. The zero-order valence-corrected chi connectivity index (χ0v) is 19.7. The van der Waals surface area contributed by atoms with Gasteiger partial charge >= 0.3 is 32.9 Å². The van der Waals surface area contributed by atoms with Crippen molar-refractivity contribution in [3.63, 3.8) is 0 Å². The van der Waals surface area contributed by atoms with Crippen molar-refractivity contribution < 1.29 is 30.7 Å². The van der Waals surface area contributed by atoms with Crippen molar-refractivity contribution in [1.82, 2.24) is 5.43 Å². The van der Waals surface area contributed by atoms with Crippen LogP contribution < -0.4 is 28.4 Å². The number of nitrogens with one attached hydrogen (secondary N) is 1. The number of hydrogen-bond donors (Lipinski definition) is 5. The van der Waals surface area contributed by atoms with Crippen LogP contribution in [0.4, 0.5) is 0 Å². The fourth-order valence-electron chi connectivity index (χ4n) is 0.209. The van der Waals surface area contributed by atoms with E-state index in [1.165, 1.54) is 0 Å². The first-order valence-electron chi connectivity index (χ1n) is 4.34. The minimum absolute atomic E-state index is 0. The van der Waals surface area contributed by atoms with Crippen LogP contribution in [0, 0.1) is 0 Å². The smallest absolute Gasteiger partial charge is 0.415 e. The van der Waals surface area contributed by atoms with E-state index in [0.717, 1.165) is 0 Å². The van der Waals surface area contributed by atoms with Gasteiger partial charge in [-0.25, -0.2) is 5.43 Å². The fraction of sp³-hybridized carbons (Fsp3) is 0. The minimum Gasteiger partial charge on any atom is -0.415 e. The van der Waals surface area contributed by atoms with Gasteiger partial charge in [-0.15, -0.1) is 0 Å². The Bertz CT molecular complexity index is 410. The number of nitrogens with zero attached hydrogens (tertiary/aromatic N) is 2. The summed E-state index contributed by atoms with van der Waals surface area (Å²) in [6.45, 7) is 0. The largest absolute Gasteiger partial charge is 4.00 e. The molecule has 0 aromatic heterocycles. The van der Waals surface area contributed by atoms with Crippen LogP contribution in [0.1, 0.15) is 0 Å². The van der Waals surface area contributed by atoms with Crippen molar-refractivity contribution in [1.29, 1.82) is 0 Å². The van der Waals surface area contributed by atoms with E-state index in [4.69, 9.17) is 0 Å². The van der Waals surface area contributed by atoms with Crippen molar-refractivity contribution in [2.75, 3.05) is 0 Å². The Kier molecular flexibility index (Phi) is 36.7. The third-order valence-electron chi connectivity index (χ3n) is 0.487. The van der Waals surface area contributed by atoms with Gasteiger partial charge in [-0.2, -0.15) is 0 Å². The van der Waals surface area contributed by atoms with E-state index in [2.05, 4.69) is 133 Å². The quantitative estimate of drug-likeness (QED) is 0.0958. The molecular weight excluding hydrogens is 555 g/mol. The molecule has 0 saturated heterocycles. The van der Waals surface area contributed by atoms with Gasteiger partial charge in [-0.05, 0) is 0 Å². The second kappa shape index (κ2) is 25.1. The Morgan fingerprint density at radius 3 is 1.04 bits per heavy atom. The Morgan fingerprint density at radius 2 is 1.00 bits per heavy atom. The van der Waals surface area contributed by atoms with Crippen LogP contribution in [-0.2, 0) is 81.2 Å². The molecule has 24 heavy (non-hydrogen) atoms. The second-order valence-electron chi connectivity index (χ2n) is 2.22. The molecule has 2 amide bonds. The molecule has 18 heteroatoms. The Hall–Kier alpha value is -0.132. The summed E-state index contributed by atoms with van der Waals surface area (Å²) in [5.74, 6) is -1.60. The molecular formula is C6H9MoN7O2S8. The molecule has 1 heterocycles. The summed E-state index contributed by atoms with van der Waals surface area (Å²) in [4.78, 5) is 19.8. The van der Waals surface area contributed by atoms with Gasteiger partial charge in [0, 0.05) is 0 Å². The fourth-order valence-corrected chi connectivity index (χ4v) is 0.209. The van der Waals surface area contributed by atoms with Crippen molar-refractivity contribution in [2.24, 2.45) is 33.3 Å². The number of rotatable bonds is 0. The van der Waals surface area contributed by atoms with Gasteiger partial charge in [0.05, 0.1) is 0 Å². The van der Waals surface area contributed by atoms with E-state index in [1.54, 1.807) is 0 Å². The minimum atomic E-state index is -0.833. The topological polar surface area (TPSA) is 175 Å². The van der Waals surface area contributed by atoms with Gasteiger partial charge in [0.25, 0.3) is 0 Å². The van der Waals surface area contributed by atoms with Crippen molar-refractivity contribution in [3.05, 3.63) is 0 Å². The van der Waals surface area contributed by atoms with E-state index in [1.807, 2.05) is 5.43 Å². The van der Waals surface area contributed by atoms with Crippen LogP contribution in [0.25, 0.3) is 0 Å². The Balaban J connectivity index is -0.0000000641. The number of amides is 2. The first-order chi connectivity index (χ1) is 10.2. The van der Waals surface area contributed by atoms with Crippen molar-refractivity contribution in [2.45, 2.75) is 0 Å². The molecule has 134 valence electrons. The summed E-state index contributed by atoms with van der Waals surface area (Å²) in [6.07, 6.45) is 0. The molecule has 0 saturated carbocycles. The number of hydrogen-bond acceptors (Lipinski definition) is 11. The molecule has 0 bridgehead atoms. The molecule has 0 atom stereocenters. The molecule has 1 aliphatic heterocycles. The first-order valence-corrected chi connectivity index (χ1v) is 7.61. The van der Waals surface area contributed by atoms with Gasteiger partial charge in [-0.1, -0.05) is 27.6 Å². The maximum absolute atomic E-state index is 9.93. The predicted octanol–water partition coefficient (Wildman–Crippen LogP) is -1.88. The summed E-state index contributed by atoms with van der Waals surface area (Å²) >= 11 is 33.0. The molecule has 0 fully saturated rings.